The van der Waals surface area contributed by atoms with E-state index in [4.69, 9.17) is 4.74 Å². The number of ketones is 1. The number of allylic oxidation sites excluding steroid dienone is 8. The summed E-state index contributed by atoms with van der Waals surface area (Å²) in [5.41, 5.74) is 2.52. The molecule has 3 rings (SSSR count). The molecule has 0 N–H and O–H groups in total. The monoisotopic (exact) mass is 300 g/mol. The summed E-state index contributed by atoms with van der Waals surface area (Å²) in [4.78, 5) is 12.8. The number of nitrogens with zero attached hydrogens (tertiary/aromatic N) is 2. The molecule has 0 spiro atoms. The summed E-state index contributed by atoms with van der Waals surface area (Å²) in [6, 6.07) is 10.8. The highest BCUT2D eigenvalue weighted by atomic mass is 16.5. The lowest BCUT2D eigenvalue weighted by Gasteiger charge is -2.14. The van der Waals surface area contributed by atoms with Crippen LogP contribution >= 0.6 is 0 Å². The molecule has 0 bridgehead atoms. The van der Waals surface area contributed by atoms with Crippen LogP contribution in [0.1, 0.15) is 29.8 Å². The van der Waals surface area contributed by atoms with E-state index >= 15 is 0 Å². The molecule has 0 unspecified atom stereocenters. The molecule has 0 saturated carbocycles. The van der Waals surface area contributed by atoms with Gasteiger partial charge < -0.3 is 4.74 Å². The number of hydrogen-bond donors (Lipinski definition) is 0. The van der Waals surface area contributed by atoms with Crippen LogP contribution in [-0.4, -0.2) is 5.78 Å². The predicted octanol–water partition coefficient (Wildman–Crippen LogP) is 3.82. The molecule has 0 radical (unpaired) electrons. The van der Waals surface area contributed by atoms with E-state index in [2.05, 4.69) is 0 Å². The zero-order valence-electron chi connectivity index (χ0n) is 12.7. The molecule has 2 aliphatic rings. The molecule has 23 heavy (non-hydrogen) atoms. The predicted molar refractivity (Wildman–Crippen MR) is 84.5 cm³/mol. The summed E-state index contributed by atoms with van der Waals surface area (Å²) in [6.45, 7) is 3.59. The van der Waals surface area contributed by atoms with Crippen LogP contribution in [0, 0.1) is 22.7 Å². The largest absolute Gasteiger partial charge is 0.467 e. The van der Waals surface area contributed by atoms with Gasteiger partial charge in [0.2, 0.25) is 0 Å². The summed E-state index contributed by atoms with van der Waals surface area (Å²) < 4.78 is 5.47. The van der Waals surface area contributed by atoms with Gasteiger partial charge in [-0.05, 0) is 37.1 Å². The molecule has 1 aliphatic carbocycles. The Morgan fingerprint density at radius 2 is 1.57 bits per heavy atom. The molecule has 4 nitrogen and oxygen atoms in total. The van der Waals surface area contributed by atoms with Gasteiger partial charge in [0.15, 0.2) is 5.78 Å². The molecule has 0 amide bonds. The fraction of sp³-hybridized carbons (Fsp3) is 0.105. The third kappa shape index (κ3) is 2.27. The fourth-order valence-electron chi connectivity index (χ4n) is 2.89. The van der Waals surface area contributed by atoms with Crippen molar-refractivity contribution in [2.45, 2.75) is 13.8 Å². The van der Waals surface area contributed by atoms with Crippen LogP contribution < -0.4 is 0 Å². The SMILES string of the molecule is CC1=CC(=C2C(=O)c3ccccc3C2=C(C#N)C#N)C=C(C)O1. The standard InChI is InChI=1S/C19H12N2O2/c1-11-7-13(8-12(2)23-11)18-17(14(9-20)10-21)15-5-3-4-6-16(15)19(18)22/h3-8H,1-2H3. The van der Waals surface area contributed by atoms with Crippen molar-refractivity contribution < 1.29 is 9.53 Å². The molecule has 1 aliphatic heterocycles. The van der Waals surface area contributed by atoms with Crippen molar-refractivity contribution in [2.75, 3.05) is 0 Å². The molecule has 0 aromatic heterocycles. The minimum absolute atomic E-state index is 0.0607. The van der Waals surface area contributed by atoms with Gasteiger partial charge in [0.1, 0.15) is 29.2 Å². The van der Waals surface area contributed by atoms with E-state index in [-0.39, 0.29) is 11.4 Å². The first-order valence-corrected chi connectivity index (χ1v) is 7.04. The smallest absolute Gasteiger partial charge is 0.194 e. The summed E-state index contributed by atoms with van der Waals surface area (Å²) in [5, 5.41) is 18.6. The first-order valence-electron chi connectivity index (χ1n) is 7.04. The van der Waals surface area contributed by atoms with Crippen molar-refractivity contribution in [2.24, 2.45) is 0 Å². The van der Waals surface area contributed by atoms with Crippen LogP contribution in [-0.2, 0) is 4.74 Å². The van der Waals surface area contributed by atoms with Gasteiger partial charge in [-0.1, -0.05) is 24.3 Å². The van der Waals surface area contributed by atoms with Crippen LogP contribution in [0.15, 0.2) is 64.7 Å². The second kappa shape index (κ2) is 5.44. The molecule has 1 aromatic carbocycles. The van der Waals surface area contributed by atoms with E-state index in [9.17, 15) is 15.3 Å². The maximum atomic E-state index is 12.8. The van der Waals surface area contributed by atoms with Gasteiger partial charge in [0.25, 0.3) is 0 Å². The maximum Gasteiger partial charge on any atom is 0.194 e. The van der Waals surface area contributed by atoms with Crippen LogP contribution in [0.2, 0.25) is 0 Å². The Morgan fingerprint density at radius 1 is 1.00 bits per heavy atom. The molecular weight excluding hydrogens is 288 g/mol. The average Bonchev–Trinajstić information content (AvgIpc) is 2.82. The van der Waals surface area contributed by atoms with E-state index in [0.29, 0.717) is 39.4 Å². The number of benzene rings is 1. The van der Waals surface area contributed by atoms with Crippen molar-refractivity contribution in [1.29, 1.82) is 10.5 Å². The van der Waals surface area contributed by atoms with E-state index in [0.717, 1.165) is 0 Å². The second-order valence-electron chi connectivity index (χ2n) is 5.29. The van der Waals surface area contributed by atoms with Crippen LogP contribution in [0.3, 0.4) is 0 Å². The third-order valence-corrected chi connectivity index (χ3v) is 3.72. The summed E-state index contributed by atoms with van der Waals surface area (Å²) in [7, 11) is 0. The molecule has 1 aromatic rings. The van der Waals surface area contributed by atoms with E-state index in [1.807, 2.05) is 12.1 Å². The number of ether oxygens (including phenoxy) is 1. The van der Waals surface area contributed by atoms with Crippen molar-refractivity contribution in [1.82, 2.24) is 0 Å². The number of hydrogen-bond acceptors (Lipinski definition) is 4. The van der Waals surface area contributed by atoms with E-state index < -0.39 is 0 Å². The summed E-state index contributed by atoms with van der Waals surface area (Å²) >= 11 is 0. The Bertz CT molecular complexity index is 908. The van der Waals surface area contributed by atoms with Crippen molar-refractivity contribution >= 4 is 11.4 Å². The van der Waals surface area contributed by atoms with Gasteiger partial charge >= 0.3 is 0 Å². The number of carbonyl (C=O) groups is 1. The van der Waals surface area contributed by atoms with Gasteiger partial charge in [0.05, 0.1) is 0 Å². The Morgan fingerprint density at radius 3 is 2.13 bits per heavy atom. The lowest BCUT2D eigenvalue weighted by molar-refractivity contribution is 0.104. The average molecular weight is 300 g/mol. The van der Waals surface area contributed by atoms with Gasteiger partial charge in [-0.3, -0.25) is 4.79 Å². The molecule has 0 saturated heterocycles. The zero-order valence-corrected chi connectivity index (χ0v) is 12.7. The lowest BCUT2D eigenvalue weighted by Crippen LogP contribution is -2.03. The number of nitriles is 2. The normalized spacial score (nSPS) is 16.0. The highest BCUT2D eigenvalue weighted by molar-refractivity contribution is 6.28. The molecule has 0 atom stereocenters. The first-order chi connectivity index (χ1) is 11.1. The molecule has 110 valence electrons. The molecule has 4 heteroatoms. The second-order valence-corrected chi connectivity index (χ2v) is 5.29. The Labute approximate surface area is 133 Å². The lowest BCUT2D eigenvalue weighted by atomic mass is 9.94. The number of Topliss-reactive ketones (excluding diaryl/α,β-unsaturated/α-hetero) is 1. The number of rotatable bonds is 0. The summed E-state index contributed by atoms with van der Waals surface area (Å²) in [6.07, 6.45) is 3.50. The quantitative estimate of drug-likeness (QED) is 0.539. The van der Waals surface area contributed by atoms with E-state index in [1.54, 1.807) is 50.3 Å². The number of fused-ring (bicyclic) bond motifs is 1. The Balaban J connectivity index is 2.41. The fourth-order valence-corrected chi connectivity index (χ4v) is 2.89. The van der Waals surface area contributed by atoms with Crippen LogP contribution in [0.5, 0.6) is 0 Å². The Hall–Kier alpha value is -3.37. The molecule has 1 heterocycles. The maximum absolute atomic E-state index is 12.8. The molecular formula is C19H12N2O2. The van der Waals surface area contributed by atoms with Crippen molar-refractivity contribution in [3.05, 3.63) is 75.8 Å². The third-order valence-electron chi connectivity index (χ3n) is 3.72. The highest BCUT2D eigenvalue weighted by Gasteiger charge is 2.34. The van der Waals surface area contributed by atoms with Crippen LogP contribution in [0.4, 0.5) is 0 Å². The van der Waals surface area contributed by atoms with Gasteiger partial charge in [-0.15, -0.1) is 0 Å². The van der Waals surface area contributed by atoms with Crippen molar-refractivity contribution in [3.8, 4) is 12.1 Å². The Kier molecular flexibility index (Phi) is 3.44. The van der Waals surface area contributed by atoms with E-state index in [1.165, 1.54) is 0 Å². The minimum Gasteiger partial charge on any atom is -0.467 e. The molecule has 0 fully saturated rings. The summed E-state index contributed by atoms with van der Waals surface area (Å²) in [5.74, 6) is 1.14. The zero-order chi connectivity index (χ0) is 16.6. The van der Waals surface area contributed by atoms with Gasteiger partial charge in [-0.2, -0.15) is 10.5 Å². The van der Waals surface area contributed by atoms with Gasteiger partial charge in [0, 0.05) is 16.7 Å². The van der Waals surface area contributed by atoms with Gasteiger partial charge in [-0.25, -0.2) is 0 Å². The first kappa shape index (κ1) is 14.6. The van der Waals surface area contributed by atoms with Crippen molar-refractivity contribution in [3.63, 3.8) is 0 Å². The minimum atomic E-state index is -0.177. The number of carbonyl (C=O) groups excluding carboxylic acids is 1. The highest BCUT2D eigenvalue weighted by Crippen LogP contribution is 2.41. The van der Waals surface area contributed by atoms with Crippen LogP contribution in [0.25, 0.3) is 5.57 Å². The topological polar surface area (TPSA) is 73.9 Å².